The van der Waals surface area contributed by atoms with Gasteiger partial charge in [0.2, 0.25) is 0 Å². The molecule has 0 radical (unpaired) electrons. The Balaban J connectivity index is 2.01. The highest BCUT2D eigenvalue weighted by molar-refractivity contribution is 5.41. The Hall–Kier alpha value is -0.820. The zero-order valence-electron chi connectivity index (χ0n) is 10.7. The van der Waals surface area contributed by atoms with Crippen LogP contribution in [0.2, 0.25) is 0 Å². The van der Waals surface area contributed by atoms with Crippen molar-refractivity contribution < 1.29 is 0 Å². The molecule has 0 saturated heterocycles. The molecule has 16 heavy (non-hydrogen) atoms. The van der Waals surface area contributed by atoms with Crippen LogP contribution in [-0.2, 0) is 0 Å². The van der Waals surface area contributed by atoms with E-state index in [-0.39, 0.29) is 0 Å². The predicted octanol–water partition coefficient (Wildman–Crippen LogP) is 3.83. The first kappa shape index (κ1) is 11.7. The second-order valence-electron chi connectivity index (χ2n) is 5.71. The van der Waals surface area contributed by atoms with Gasteiger partial charge in [-0.3, -0.25) is 4.48 Å². The van der Waals surface area contributed by atoms with Crippen LogP contribution >= 0.6 is 0 Å². The van der Waals surface area contributed by atoms with Crippen molar-refractivity contribution in [2.24, 2.45) is 5.92 Å². The van der Waals surface area contributed by atoms with Crippen LogP contribution in [0.15, 0.2) is 30.3 Å². The zero-order valence-corrected chi connectivity index (χ0v) is 10.7. The van der Waals surface area contributed by atoms with Crippen molar-refractivity contribution in [2.75, 3.05) is 20.6 Å². The summed E-state index contributed by atoms with van der Waals surface area (Å²) in [6, 6.07) is 10.9. The quantitative estimate of drug-likeness (QED) is 0.676. The average Bonchev–Trinajstić information content (AvgIpc) is 2.31. The lowest BCUT2D eigenvalue weighted by Crippen LogP contribution is -2.44. The summed E-state index contributed by atoms with van der Waals surface area (Å²) >= 11 is 0. The van der Waals surface area contributed by atoms with Crippen LogP contribution in [0.1, 0.15) is 32.1 Å². The summed E-state index contributed by atoms with van der Waals surface area (Å²) in [5.74, 6) is 0.934. The van der Waals surface area contributed by atoms with Crippen molar-refractivity contribution in [3.63, 3.8) is 0 Å². The molecule has 0 amide bonds. The first-order valence-corrected chi connectivity index (χ1v) is 6.57. The van der Waals surface area contributed by atoms with E-state index < -0.39 is 0 Å². The van der Waals surface area contributed by atoms with Crippen molar-refractivity contribution in [2.45, 2.75) is 32.1 Å². The molecule has 0 N–H and O–H groups in total. The highest BCUT2D eigenvalue weighted by Crippen LogP contribution is 2.28. The fourth-order valence-electron chi connectivity index (χ4n) is 2.95. The fraction of sp³-hybridized carbons (Fsp3) is 0.600. The standard InChI is InChI=1S/C15H24N/c1-16(2,15-11-7-4-8-12-15)13-14-9-5-3-6-10-14/h4,7-8,11-12,14H,3,5-6,9-10,13H2,1-2H3/q+1. The van der Waals surface area contributed by atoms with Gasteiger partial charge in [0.15, 0.2) is 0 Å². The minimum atomic E-state index is 0.934. The van der Waals surface area contributed by atoms with E-state index in [1.165, 1.54) is 44.3 Å². The third-order valence-electron chi connectivity index (χ3n) is 3.89. The van der Waals surface area contributed by atoms with Crippen molar-refractivity contribution in [1.82, 2.24) is 4.48 Å². The molecule has 1 aliphatic rings. The van der Waals surface area contributed by atoms with Crippen LogP contribution < -0.4 is 4.48 Å². The van der Waals surface area contributed by atoms with E-state index >= 15 is 0 Å². The summed E-state index contributed by atoms with van der Waals surface area (Å²) in [5, 5.41) is 0. The van der Waals surface area contributed by atoms with Gasteiger partial charge in [-0.25, -0.2) is 0 Å². The summed E-state index contributed by atoms with van der Waals surface area (Å²) in [6.45, 7) is 1.30. The molecule has 1 aromatic rings. The largest absolute Gasteiger partial charge is 0.296 e. The lowest BCUT2D eigenvalue weighted by atomic mass is 9.88. The van der Waals surface area contributed by atoms with Crippen LogP contribution in [0.3, 0.4) is 0 Å². The molecule has 1 nitrogen and oxygen atoms in total. The Morgan fingerprint density at radius 3 is 2.25 bits per heavy atom. The third kappa shape index (κ3) is 2.85. The van der Waals surface area contributed by atoms with Crippen LogP contribution in [0.25, 0.3) is 0 Å². The molecule has 1 fully saturated rings. The van der Waals surface area contributed by atoms with E-state index in [0.29, 0.717) is 0 Å². The Morgan fingerprint density at radius 1 is 1.00 bits per heavy atom. The molecular formula is C15H24N+. The summed E-state index contributed by atoms with van der Waals surface area (Å²) < 4.78 is 1.03. The number of hydrogen-bond acceptors (Lipinski definition) is 0. The van der Waals surface area contributed by atoms with Crippen LogP contribution in [-0.4, -0.2) is 20.6 Å². The van der Waals surface area contributed by atoms with Crippen molar-refractivity contribution in [3.8, 4) is 0 Å². The number of benzene rings is 1. The van der Waals surface area contributed by atoms with Crippen LogP contribution in [0.4, 0.5) is 5.69 Å². The maximum absolute atomic E-state index is 2.34. The molecule has 2 rings (SSSR count). The monoisotopic (exact) mass is 218 g/mol. The van der Waals surface area contributed by atoms with Crippen molar-refractivity contribution in [1.29, 1.82) is 0 Å². The Bertz CT molecular complexity index is 309. The second kappa shape index (κ2) is 5.01. The van der Waals surface area contributed by atoms with E-state index in [4.69, 9.17) is 0 Å². The van der Waals surface area contributed by atoms with Gasteiger partial charge in [0, 0.05) is 5.92 Å². The smallest absolute Gasteiger partial charge is 0.132 e. The van der Waals surface area contributed by atoms with Gasteiger partial charge in [-0.15, -0.1) is 0 Å². The summed E-state index contributed by atoms with van der Waals surface area (Å²) in [5.41, 5.74) is 1.44. The minimum Gasteiger partial charge on any atom is -0.296 e. The van der Waals surface area contributed by atoms with E-state index in [1.807, 2.05) is 0 Å². The first-order valence-electron chi connectivity index (χ1n) is 6.57. The molecular weight excluding hydrogens is 194 g/mol. The van der Waals surface area contributed by atoms with Crippen molar-refractivity contribution in [3.05, 3.63) is 30.3 Å². The van der Waals surface area contributed by atoms with Gasteiger partial charge in [-0.05, 0) is 25.0 Å². The number of quaternary nitrogens is 1. The summed E-state index contributed by atoms with van der Waals surface area (Å²) in [4.78, 5) is 0. The van der Waals surface area contributed by atoms with E-state index in [9.17, 15) is 0 Å². The van der Waals surface area contributed by atoms with Crippen LogP contribution in [0.5, 0.6) is 0 Å². The van der Waals surface area contributed by atoms with Gasteiger partial charge >= 0.3 is 0 Å². The molecule has 0 spiro atoms. The SMILES string of the molecule is C[N+](C)(CC1CCCCC1)c1ccccc1. The molecule has 1 saturated carbocycles. The van der Waals surface area contributed by atoms with E-state index in [1.54, 1.807) is 0 Å². The van der Waals surface area contributed by atoms with Gasteiger partial charge in [0.05, 0.1) is 20.6 Å². The fourth-order valence-corrected chi connectivity index (χ4v) is 2.95. The zero-order chi connectivity index (χ0) is 11.4. The van der Waals surface area contributed by atoms with E-state index in [0.717, 1.165) is 10.4 Å². The molecule has 1 aliphatic carbocycles. The number of rotatable bonds is 3. The molecule has 1 aromatic carbocycles. The summed E-state index contributed by atoms with van der Waals surface area (Å²) in [6.07, 6.45) is 7.22. The first-order chi connectivity index (χ1) is 7.68. The Morgan fingerprint density at radius 2 is 1.62 bits per heavy atom. The number of hydrogen-bond donors (Lipinski definition) is 0. The Kier molecular flexibility index (Phi) is 3.65. The molecule has 0 aromatic heterocycles. The van der Waals surface area contributed by atoms with E-state index in [2.05, 4.69) is 44.4 Å². The lowest BCUT2D eigenvalue weighted by Gasteiger charge is -2.34. The molecule has 88 valence electrons. The van der Waals surface area contributed by atoms with Gasteiger partial charge in [-0.1, -0.05) is 37.5 Å². The molecule has 0 bridgehead atoms. The van der Waals surface area contributed by atoms with Gasteiger partial charge < -0.3 is 0 Å². The maximum Gasteiger partial charge on any atom is 0.132 e. The van der Waals surface area contributed by atoms with Gasteiger partial charge in [0.1, 0.15) is 5.69 Å². The lowest BCUT2D eigenvalue weighted by molar-refractivity contribution is 0.263. The number of para-hydroxylation sites is 1. The van der Waals surface area contributed by atoms with Crippen LogP contribution in [0, 0.1) is 5.92 Å². The van der Waals surface area contributed by atoms with Crippen molar-refractivity contribution >= 4 is 5.69 Å². The molecule has 0 aliphatic heterocycles. The molecule has 1 heteroatoms. The highest BCUT2D eigenvalue weighted by Gasteiger charge is 2.25. The minimum absolute atomic E-state index is 0.934. The molecule has 0 atom stereocenters. The van der Waals surface area contributed by atoms with Gasteiger partial charge in [0.25, 0.3) is 0 Å². The maximum atomic E-state index is 2.34. The average molecular weight is 218 g/mol. The topological polar surface area (TPSA) is 0 Å². The highest BCUT2D eigenvalue weighted by atomic mass is 15.3. The van der Waals surface area contributed by atoms with Gasteiger partial charge in [-0.2, -0.15) is 0 Å². The predicted molar refractivity (Wildman–Crippen MR) is 71.5 cm³/mol. The molecule has 0 unspecified atom stereocenters. The summed E-state index contributed by atoms with van der Waals surface area (Å²) in [7, 11) is 4.67. The normalized spacial score (nSPS) is 18.6. The molecule has 0 heterocycles. The number of nitrogens with zero attached hydrogens (tertiary/aromatic N) is 1. The second-order valence-corrected chi connectivity index (χ2v) is 5.71. The Labute approximate surface area is 99.7 Å². The third-order valence-corrected chi connectivity index (χ3v) is 3.89.